The van der Waals surface area contributed by atoms with Crippen molar-refractivity contribution in [2.45, 2.75) is 124 Å². The molecular formula is C53H61N2O+. The van der Waals surface area contributed by atoms with Crippen LogP contribution in [0.1, 0.15) is 133 Å². The number of fused-ring (bicyclic) bond motifs is 4. The molecule has 1 atom stereocenters. The summed E-state index contributed by atoms with van der Waals surface area (Å²) in [5, 5.41) is 2.55. The van der Waals surface area contributed by atoms with Gasteiger partial charge in [-0.2, -0.15) is 4.57 Å². The highest BCUT2D eigenvalue weighted by molar-refractivity contribution is 6.12. The number of hydrogen-bond donors (Lipinski definition) is 0. The van der Waals surface area contributed by atoms with Crippen LogP contribution in [0.25, 0.3) is 61.2 Å². The van der Waals surface area contributed by atoms with Crippen LogP contribution in [-0.4, -0.2) is 4.57 Å². The van der Waals surface area contributed by atoms with Crippen LogP contribution in [0.5, 0.6) is 0 Å². The highest BCUT2D eigenvalue weighted by Gasteiger charge is 2.37. The van der Waals surface area contributed by atoms with Crippen molar-refractivity contribution >= 4 is 33.0 Å². The highest BCUT2D eigenvalue weighted by Crippen LogP contribution is 2.48. The molecule has 0 N–H and O–H groups in total. The topological polar surface area (TPSA) is 21.9 Å². The van der Waals surface area contributed by atoms with Crippen LogP contribution in [0.4, 0.5) is 0 Å². The number of aryl methyl sites for hydroxylation is 1. The number of nitrogens with zero attached hydrogens (tertiary/aromatic N) is 2. The second kappa shape index (κ2) is 15.9. The minimum absolute atomic E-state index is 0.292. The molecule has 7 aromatic rings. The van der Waals surface area contributed by atoms with Crippen molar-refractivity contribution < 1.29 is 8.98 Å². The van der Waals surface area contributed by atoms with Gasteiger partial charge in [-0.15, -0.1) is 0 Å². The molecule has 2 aromatic heterocycles. The van der Waals surface area contributed by atoms with Crippen molar-refractivity contribution in [1.82, 2.24) is 4.57 Å². The van der Waals surface area contributed by atoms with E-state index in [-0.39, 0.29) is 0 Å². The second-order valence-corrected chi connectivity index (χ2v) is 17.4. The summed E-state index contributed by atoms with van der Waals surface area (Å²) in [6, 6.07) is 36.3. The zero-order valence-corrected chi connectivity index (χ0v) is 34.9. The van der Waals surface area contributed by atoms with Crippen molar-refractivity contribution in [3.05, 3.63) is 131 Å². The minimum Gasteiger partial charge on any atom is -0.455 e. The lowest BCUT2D eigenvalue weighted by atomic mass is 9.86. The number of furan rings is 1. The van der Waals surface area contributed by atoms with Crippen molar-refractivity contribution in [3.63, 3.8) is 0 Å². The van der Waals surface area contributed by atoms with E-state index < -0.39 is 0 Å². The lowest BCUT2D eigenvalue weighted by Gasteiger charge is -2.22. The number of imidazole rings is 1. The van der Waals surface area contributed by atoms with Crippen molar-refractivity contribution in [2.24, 2.45) is 5.92 Å². The molecule has 1 saturated carbocycles. The Morgan fingerprint density at radius 2 is 1.46 bits per heavy atom. The zero-order valence-electron chi connectivity index (χ0n) is 34.9. The van der Waals surface area contributed by atoms with Gasteiger partial charge >= 0.3 is 0 Å². The summed E-state index contributed by atoms with van der Waals surface area (Å²) in [6.45, 7) is 22.0. The van der Waals surface area contributed by atoms with E-state index in [1.165, 1.54) is 104 Å². The van der Waals surface area contributed by atoms with Crippen molar-refractivity contribution in [2.75, 3.05) is 0 Å². The predicted octanol–water partition coefficient (Wildman–Crippen LogP) is 15.0. The average Bonchev–Trinajstić information content (AvgIpc) is 3.95. The molecule has 288 valence electrons. The normalized spacial score (nSPS) is 14.3. The molecule has 1 aliphatic carbocycles. The zero-order chi connectivity index (χ0) is 39.1. The third-order valence-electron chi connectivity index (χ3n) is 12.6. The summed E-state index contributed by atoms with van der Waals surface area (Å²) in [5.74, 6) is 2.93. The third-order valence-corrected chi connectivity index (χ3v) is 12.6. The molecule has 1 fully saturated rings. The first-order valence-corrected chi connectivity index (χ1v) is 21.6. The Bertz CT molecular complexity index is 2490. The third kappa shape index (κ3) is 6.82. The summed E-state index contributed by atoms with van der Waals surface area (Å²) < 4.78 is 12.5. The fraction of sp³-hybridized carbons (Fsp3) is 0.377. The first kappa shape index (κ1) is 38.0. The Hall–Kier alpha value is -4.89. The smallest absolute Gasteiger partial charge is 0.299 e. The van der Waals surface area contributed by atoms with E-state index in [1.54, 1.807) is 0 Å². The lowest BCUT2D eigenvalue weighted by molar-refractivity contribution is -0.652. The predicted molar refractivity (Wildman–Crippen MR) is 238 cm³/mol. The molecule has 56 heavy (non-hydrogen) atoms. The number of hydrogen-bond acceptors (Lipinski definition) is 1. The average molecular weight is 742 g/mol. The monoisotopic (exact) mass is 741 g/mol. The molecule has 0 bridgehead atoms. The molecule has 0 spiro atoms. The molecule has 5 aromatic carbocycles. The van der Waals surface area contributed by atoms with E-state index in [0.29, 0.717) is 23.7 Å². The second-order valence-electron chi connectivity index (χ2n) is 17.4. The molecule has 8 rings (SSSR count). The lowest BCUT2D eigenvalue weighted by Crippen LogP contribution is -2.37. The number of benzene rings is 5. The maximum atomic E-state index is 7.24. The Morgan fingerprint density at radius 1 is 0.804 bits per heavy atom. The number of allylic oxidation sites excluding steroid dienone is 1. The summed E-state index contributed by atoms with van der Waals surface area (Å²) in [6.07, 6.45) is 9.29. The van der Waals surface area contributed by atoms with Crippen LogP contribution in [0, 0.1) is 5.92 Å². The molecule has 0 radical (unpaired) electrons. The molecule has 0 aliphatic heterocycles. The molecule has 3 nitrogen and oxygen atoms in total. The van der Waals surface area contributed by atoms with E-state index in [4.69, 9.17) is 11.0 Å². The van der Waals surface area contributed by atoms with Gasteiger partial charge in [0, 0.05) is 21.9 Å². The Kier molecular flexibility index (Phi) is 10.8. The van der Waals surface area contributed by atoms with Gasteiger partial charge in [-0.1, -0.05) is 147 Å². The first-order chi connectivity index (χ1) is 27.2. The van der Waals surface area contributed by atoms with Gasteiger partial charge in [0.25, 0.3) is 5.82 Å². The standard InChI is InChI=1S/C53H61N2O/c1-9-20-40-30-45(39-23-14-15-24-39)50-42-25-16-19-28-48(42)56-52(50)49(40)53-54(33-37(8)29-36(7)10-2)46-26-17-18-27-47(46)55(53)51-43(34(3)4)31-41(32-44(51)35(5)6)38-21-12-11-13-22-38/h11-13,16-19,21-22,25-28,30-32,34-36,39H,8-10,14-15,20,23-24,29,33H2,1-7H3/q+1/t36-/m0/s1. The van der Waals surface area contributed by atoms with Crippen LogP contribution >= 0.6 is 0 Å². The fourth-order valence-corrected chi connectivity index (χ4v) is 9.66. The largest absolute Gasteiger partial charge is 0.455 e. The van der Waals surface area contributed by atoms with Gasteiger partial charge in [-0.25, -0.2) is 4.57 Å². The van der Waals surface area contributed by atoms with E-state index in [0.717, 1.165) is 43.4 Å². The quantitative estimate of drug-likeness (QED) is 0.0852. The van der Waals surface area contributed by atoms with Crippen LogP contribution in [-0.2, 0) is 13.0 Å². The van der Waals surface area contributed by atoms with E-state index >= 15 is 0 Å². The maximum Gasteiger partial charge on any atom is 0.299 e. The van der Waals surface area contributed by atoms with Gasteiger partial charge < -0.3 is 4.42 Å². The van der Waals surface area contributed by atoms with Gasteiger partial charge in [0.05, 0.1) is 0 Å². The molecule has 0 saturated heterocycles. The highest BCUT2D eigenvalue weighted by atomic mass is 16.3. The first-order valence-electron chi connectivity index (χ1n) is 21.6. The summed E-state index contributed by atoms with van der Waals surface area (Å²) in [5.41, 5.74) is 16.4. The minimum atomic E-state index is 0.292. The summed E-state index contributed by atoms with van der Waals surface area (Å²) >= 11 is 0. The number of aromatic nitrogens is 2. The van der Waals surface area contributed by atoms with Gasteiger partial charge in [0.15, 0.2) is 16.6 Å². The van der Waals surface area contributed by atoms with Crippen LogP contribution in [0.15, 0.2) is 114 Å². The van der Waals surface area contributed by atoms with E-state index in [1.807, 2.05) is 0 Å². The molecule has 0 unspecified atom stereocenters. The molecule has 2 heterocycles. The summed E-state index contributed by atoms with van der Waals surface area (Å²) in [4.78, 5) is 0. The maximum absolute atomic E-state index is 7.24. The molecule has 1 aliphatic rings. The Labute approximate surface area is 335 Å². The van der Waals surface area contributed by atoms with Gasteiger partial charge in [0.1, 0.15) is 23.4 Å². The molecule has 3 heteroatoms. The van der Waals surface area contributed by atoms with E-state index in [9.17, 15) is 0 Å². The van der Waals surface area contributed by atoms with Gasteiger partial charge in [0.2, 0.25) is 0 Å². The fourth-order valence-electron chi connectivity index (χ4n) is 9.66. The molecule has 0 amide bonds. The van der Waals surface area contributed by atoms with Crippen molar-refractivity contribution in [3.8, 4) is 28.2 Å². The van der Waals surface area contributed by atoms with Crippen LogP contribution in [0.2, 0.25) is 0 Å². The van der Waals surface area contributed by atoms with Gasteiger partial charge in [-0.05, 0) is 108 Å². The number of rotatable bonds is 13. The van der Waals surface area contributed by atoms with Gasteiger partial charge in [-0.3, -0.25) is 0 Å². The number of para-hydroxylation sites is 3. The van der Waals surface area contributed by atoms with Crippen LogP contribution in [0.3, 0.4) is 0 Å². The van der Waals surface area contributed by atoms with Crippen molar-refractivity contribution in [1.29, 1.82) is 0 Å². The Morgan fingerprint density at radius 3 is 2.14 bits per heavy atom. The molecular weight excluding hydrogens is 681 g/mol. The van der Waals surface area contributed by atoms with E-state index in [2.05, 4.69) is 155 Å². The Balaban J connectivity index is 1.56. The SMILES string of the molecule is C=C(C[C@@H](C)CC)C[n+]1c(-c2c(CCC)cc(C3CCCC3)c3c2oc2ccccc23)n(-c2c(C(C)C)cc(-c3ccccc3)cc2C(C)C)c2ccccc21. The van der Waals surface area contributed by atoms with Crippen LogP contribution < -0.4 is 4.57 Å². The summed E-state index contributed by atoms with van der Waals surface area (Å²) in [7, 11) is 0.